The molecule has 3 heteroatoms. The molecule has 0 aromatic rings. The van der Waals surface area contributed by atoms with Crippen molar-refractivity contribution in [2.24, 2.45) is 0 Å². The molecule has 2 fully saturated rings. The van der Waals surface area contributed by atoms with Gasteiger partial charge in [0.2, 0.25) is 0 Å². The molecule has 2 heterocycles. The molecule has 2 unspecified atom stereocenters. The maximum atomic E-state index is 3.66. The Morgan fingerprint density at radius 1 is 1.22 bits per heavy atom. The highest BCUT2D eigenvalue weighted by atomic mass is 15.3. The van der Waals surface area contributed by atoms with Crippen LogP contribution in [-0.4, -0.2) is 61.2 Å². The van der Waals surface area contributed by atoms with Gasteiger partial charge in [-0.05, 0) is 52.2 Å². The minimum Gasteiger partial charge on any atom is -0.314 e. The van der Waals surface area contributed by atoms with E-state index in [4.69, 9.17) is 0 Å². The first-order valence-electron chi connectivity index (χ1n) is 7.99. The van der Waals surface area contributed by atoms with Crippen LogP contribution in [0.4, 0.5) is 0 Å². The molecule has 0 aliphatic carbocycles. The fourth-order valence-corrected chi connectivity index (χ4v) is 3.48. The first-order valence-corrected chi connectivity index (χ1v) is 7.99. The number of piperidine rings is 1. The first-order chi connectivity index (χ1) is 8.79. The van der Waals surface area contributed by atoms with Gasteiger partial charge in [0.25, 0.3) is 0 Å². The molecule has 106 valence electrons. The zero-order valence-corrected chi connectivity index (χ0v) is 12.3. The van der Waals surface area contributed by atoms with Gasteiger partial charge >= 0.3 is 0 Å². The van der Waals surface area contributed by atoms with Crippen LogP contribution in [0, 0.1) is 0 Å². The van der Waals surface area contributed by atoms with Crippen molar-refractivity contribution in [3.05, 3.63) is 0 Å². The van der Waals surface area contributed by atoms with Crippen LogP contribution in [0.15, 0.2) is 0 Å². The molecule has 18 heavy (non-hydrogen) atoms. The van der Waals surface area contributed by atoms with Crippen molar-refractivity contribution in [1.29, 1.82) is 0 Å². The summed E-state index contributed by atoms with van der Waals surface area (Å²) < 4.78 is 0. The van der Waals surface area contributed by atoms with E-state index in [1.54, 1.807) is 0 Å². The zero-order valence-electron chi connectivity index (χ0n) is 12.3. The Balaban J connectivity index is 1.59. The minimum atomic E-state index is 0.747. The third kappa shape index (κ3) is 4.22. The summed E-state index contributed by atoms with van der Waals surface area (Å²) in [5.41, 5.74) is 0. The van der Waals surface area contributed by atoms with Crippen molar-refractivity contribution in [1.82, 2.24) is 15.1 Å². The highest BCUT2D eigenvalue weighted by molar-refractivity contribution is 4.79. The molecule has 3 nitrogen and oxygen atoms in total. The van der Waals surface area contributed by atoms with Gasteiger partial charge in [-0.25, -0.2) is 0 Å². The second kappa shape index (κ2) is 7.46. The van der Waals surface area contributed by atoms with E-state index in [0.717, 1.165) is 12.1 Å². The second-order valence-corrected chi connectivity index (χ2v) is 6.07. The van der Waals surface area contributed by atoms with Crippen LogP contribution in [0.5, 0.6) is 0 Å². The molecular weight excluding hydrogens is 222 g/mol. The molecular formula is C15H31N3. The summed E-state index contributed by atoms with van der Waals surface area (Å²) in [6, 6.07) is 1.56. The van der Waals surface area contributed by atoms with E-state index in [-0.39, 0.29) is 0 Å². The number of hydrogen-bond acceptors (Lipinski definition) is 3. The van der Waals surface area contributed by atoms with Crippen molar-refractivity contribution in [3.63, 3.8) is 0 Å². The molecule has 0 aromatic carbocycles. The molecule has 0 bridgehead atoms. The Morgan fingerprint density at radius 3 is 2.78 bits per heavy atom. The van der Waals surface area contributed by atoms with Crippen molar-refractivity contribution < 1.29 is 0 Å². The summed E-state index contributed by atoms with van der Waals surface area (Å²) in [6.45, 7) is 12.2. The average molecular weight is 253 g/mol. The molecule has 2 saturated heterocycles. The van der Waals surface area contributed by atoms with Crippen molar-refractivity contribution in [2.45, 2.75) is 58.0 Å². The lowest BCUT2D eigenvalue weighted by atomic mass is 10.0. The van der Waals surface area contributed by atoms with E-state index in [1.165, 1.54) is 71.4 Å². The highest BCUT2D eigenvalue weighted by Crippen LogP contribution is 2.14. The van der Waals surface area contributed by atoms with E-state index in [1.807, 2.05) is 0 Å². The predicted molar refractivity (Wildman–Crippen MR) is 78.0 cm³/mol. The van der Waals surface area contributed by atoms with Gasteiger partial charge in [-0.1, -0.05) is 13.3 Å². The van der Waals surface area contributed by atoms with Crippen LogP contribution < -0.4 is 5.32 Å². The summed E-state index contributed by atoms with van der Waals surface area (Å²) in [5, 5.41) is 3.66. The Bertz CT molecular complexity index is 226. The number of nitrogens with one attached hydrogen (secondary N) is 1. The molecule has 0 aromatic heterocycles. The Morgan fingerprint density at radius 2 is 2.11 bits per heavy atom. The minimum absolute atomic E-state index is 0.747. The number of piperazine rings is 1. The van der Waals surface area contributed by atoms with Gasteiger partial charge < -0.3 is 10.2 Å². The van der Waals surface area contributed by atoms with Gasteiger partial charge in [0.1, 0.15) is 0 Å². The third-order valence-electron chi connectivity index (χ3n) is 4.69. The maximum Gasteiger partial charge on any atom is 0.0195 e. The van der Waals surface area contributed by atoms with Crippen molar-refractivity contribution in [2.75, 3.05) is 39.3 Å². The lowest BCUT2D eigenvalue weighted by molar-refractivity contribution is 0.0862. The van der Waals surface area contributed by atoms with E-state index < -0.39 is 0 Å². The lowest BCUT2D eigenvalue weighted by Crippen LogP contribution is -2.51. The number of hydrogen-bond donors (Lipinski definition) is 1. The topological polar surface area (TPSA) is 18.5 Å². The molecule has 0 amide bonds. The van der Waals surface area contributed by atoms with Crippen LogP contribution in [0.3, 0.4) is 0 Å². The fourth-order valence-electron chi connectivity index (χ4n) is 3.48. The Kier molecular flexibility index (Phi) is 5.93. The maximum absolute atomic E-state index is 3.66. The monoisotopic (exact) mass is 253 g/mol. The predicted octanol–water partition coefficient (Wildman–Crippen LogP) is 1.93. The Hall–Kier alpha value is -0.120. The average Bonchev–Trinajstić information content (AvgIpc) is 2.40. The second-order valence-electron chi connectivity index (χ2n) is 6.07. The van der Waals surface area contributed by atoms with Crippen LogP contribution in [0.1, 0.15) is 46.0 Å². The van der Waals surface area contributed by atoms with Gasteiger partial charge in [-0.15, -0.1) is 0 Å². The van der Waals surface area contributed by atoms with Crippen LogP contribution in [0.2, 0.25) is 0 Å². The van der Waals surface area contributed by atoms with Crippen molar-refractivity contribution >= 4 is 0 Å². The van der Waals surface area contributed by atoms with Crippen LogP contribution in [-0.2, 0) is 0 Å². The number of nitrogens with zero attached hydrogens (tertiary/aromatic N) is 2. The molecule has 0 radical (unpaired) electrons. The standard InChI is InChI=1S/C15H31N3/c1-3-18-12-11-17(13-14(18)2)10-6-8-15-7-4-5-9-16-15/h14-16H,3-13H2,1-2H3. The summed E-state index contributed by atoms with van der Waals surface area (Å²) in [5.74, 6) is 0. The molecule has 0 saturated carbocycles. The Labute approximate surface area is 113 Å². The van der Waals surface area contributed by atoms with E-state index in [0.29, 0.717) is 0 Å². The van der Waals surface area contributed by atoms with Gasteiger partial charge in [0.15, 0.2) is 0 Å². The van der Waals surface area contributed by atoms with E-state index in [9.17, 15) is 0 Å². The molecule has 2 atom stereocenters. The van der Waals surface area contributed by atoms with Gasteiger partial charge in [0, 0.05) is 31.7 Å². The summed E-state index contributed by atoms with van der Waals surface area (Å²) in [6.07, 6.45) is 6.97. The molecule has 0 spiro atoms. The van der Waals surface area contributed by atoms with E-state index >= 15 is 0 Å². The molecule has 2 rings (SSSR count). The SMILES string of the molecule is CCN1CCN(CCCC2CCCCN2)CC1C. The van der Waals surface area contributed by atoms with Crippen molar-refractivity contribution in [3.8, 4) is 0 Å². The van der Waals surface area contributed by atoms with Gasteiger partial charge in [-0.3, -0.25) is 4.90 Å². The van der Waals surface area contributed by atoms with Crippen LogP contribution in [0.25, 0.3) is 0 Å². The fraction of sp³-hybridized carbons (Fsp3) is 1.00. The smallest absolute Gasteiger partial charge is 0.0195 e. The van der Waals surface area contributed by atoms with Crippen LogP contribution >= 0.6 is 0 Å². The number of rotatable bonds is 5. The normalized spacial score (nSPS) is 31.7. The summed E-state index contributed by atoms with van der Waals surface area (Å²) >= 11 is 0. The first kappa shape index (κ1) is 14.3. The molecule has 2 aliphatic rings. The zero-order chi connectivity index (χ0) is 12.8. The summed E-state index contributed by atoms with van der Waals surface area (Å²) in [7, 11) is 0. The number of likely N-dealkylation sites (N-methyl/N-ethyl adjacent to an activating group) is 1. The van der Waals surface area contributed by atoms with Gasteiger partial charge in [-0.2, -0.15) is 0 Å². The molecule has 2 aliphatic heterocycles. The van der Waals surface area contributed by atoms with E-state index in [2.05, 4.69) is 29.0 Å². The summed E-state index contributed by atoms with van der Waals surface area (Å²) in [4.78, 5) is 5.26. The lowest BCUT2D eigenvalue weighted by Gasteiger charge is -2.39. The largest absolute Gasteiger partial charge is 0.314 e. The highest BCUT2D eigenvalue weighted by Gasteiger charge is 2.22. The quantitative estimate of drug-likeness (QED) is 0.808. The third-order valence-corrected chi connectivity index (χ3v) is 4.69. The van der Waals surface area contributed by atoms with Gasteiger partial charge in [0.05, 0.1) is 0 Å². The molecule has 1 N–H and O–H groups in total.